The molecule has 1 unspecified atom stereocenters. The number of alkyl halides is 1. The number of carbonyl (C=O) groups is 1. The Labute approximate surface area is 170 Å². The van der Waals surface area contributed by atoms with E-state index in [9.17, 15) is 18.3 Å². The molecule has 0 radical (unpaired) electrons. The molecule has 1 atom stereocenters. The highest BCUT2D eigenvalue weighted by atomic mass is 127. The lowest BCUT2D eigenvalue weighted by Crippen LogP contribution is -2.30. The Morgan fingerprint density at radius 2 is 2.18 bits per heavy atom. The summed E-state index contributed by atoms with van der Waals surface area (Å²) in [6, 6.07) is 5.96. The molecule has 0 aliphatic carbocycles. The van der Waals surface area contributed by atoms with E-state index in [2.05, 4.69) is 5.32 Å². The van der Waals surface area contributed by atoms with Crippen LogP contribution in [0.2, 0.25) is 0 Å². The van der Waals surface area contributed by atoms with Gasteiger partial charge in [0.1, 0.15) is 27.9 Å². The summed E-state index contributed by atoms with van der Waals surface area (Å²) < 4.78 is 49.5. The zero-order valence-electron chi connectivity index (χ0n) is 14.5. The maximum atomic E-state index is 15.1. The maximum Gasteiger partial charge on any atom is 0.326 e. The molecule has 0 saturated carbocycles. The first-order valence-corrected chi connectivity index (χ1v) is 12.4. The second kappa shape index (κ2) is 7.44. The molecule has 2 fully saturated rings. The van der Waals surface area contributed by atoms with Gasteiger partial charge in [-0.25, -0.2) is 13.4 Å². The molecule has 0 aromatic heterocycles. The number of phenolic OH excluding ortho intramolecular Hbond substituents is 1. The van der Waals surface area contributed by atoms with Crippen LogP contribution in [0.1, 0.15) is 6.42 Å². The van der Waals surface area contributed by atoms with Gasteiger partial charge in [0.2, 0.25) is 0 Å². The normalized spacial score (nSPS) is 21.8. The first-order valence-electron chi connectivity index (χ1n) is 8.45. The quantitative estimate of drug-likeness (QED) is 0.414. The van der Waals surface area contributed by atoms with E-state index in [0.717, 1.165) is 19.5 Å². The third-order valence-electron chi connectivity index (χ3n) is 4.48. The fourth-order valence-corrected chi connectivity index (χ4v) is 6.40. The molecule has 0 spiro atoms. The van der Waals surface area contributed by atoms with Gasteiger partial charge in [0, 0.05) is 15.9 Å². The first kappa shape index (κ1) is 19.3. The second-order valence-corrected chi connectivity index (χ2v) is 11.0. The van der Waals surface area contributed by atoms with Crippen LogP contribution < -0.4 is 19.1 Å². The molecular formula is C17H17FIN3O5S. The summed E-state index contributed by atoms with van der Waals surface area (Å²) in [4.78, 5) is 11.4. The Balaban J connectivity index is 1.69. The number of hydrogen-bond donors (Lipinski definition) is 3. The molecule has 0 bridgehead atoms. The summed E-state index contributed by atoms with van der Waals surface area (Å²) >= 11 is -0.271. The Kier molecular flexibility index (Phi) is 5.14. The minimum atomic E-state index is -4.24. The van der Waals surface area contributed by atoms with Gasteiger partial charge in [-0.2, -0.15) is 8.42 Å². The number of fused-ring (bicyclic) bond motifs is 1. The number of ether oxygens (including phenoxy) is 1. The zero-order chi connectivity index (χ0) is 19.9. The summed E-state index contributed by atoms with van der Waals surface area (Å²) in [5, 5.41) is 14.0. The van der Waals surface area contributed by atoms with Crippen molar-refractivity contribution in [1.82, 2.24) is 10.0 Å². The molecule has 11 heteroatoms. The van der Waals surface area contributed by atoms with Crippen molar-refractivity contribution in [3.05, 3.63) is 30.1 Å². The number of rotatable bonds is 4. The minimum absolute atomic E-state index is 0.0917. The van der Waals surface area contributed by atoms with Gasteiger partial charge in [-0.1, -0.05) is 26.8 Å². The fourth-order valence-electron chi connectivity index (χ4n) is 3.14. The standard InChI is InChI=1S/C17H17FIN3O5S/c18-16-13-6-12(27-9-19-11-3-4-20-7-11)2-1-10(13)5-14(23)17(16)22-8-15(24)21-28(22,25)26/h1-2,5-6,9,11,20,23H,3-4,7-8H2,(H,21,24). The molecule has 2 heterocycles. The number of phenols is 1. The molecule has 2 aromatic carbocycles. The maximum absolute atomic E-state index is 15.1. The molecule has 2 aromatic rings. The van der Waals surface area contributed by atoms with Crippen molar-refractivity contribution < 1.29 is 27.4 Å². The van der Waals surface area contributed by atoms with E-state index >= 15 is 4.39 Å². The average Bonchev–Trinajstić information content (AvgIpc) is 3.23. The second-order valence-electron chi connectivity index (χ2n) is 6.40. The van der Waals surface area contributed by atoms with Crippen LogP contribution >= 0.6 is 20.7 Å². The lowest BCUT2D eigenvalue weighted by Gasteiger charge is -2.18. The summed E-state index contributed by atoms with van der Waals surface area (Å²) in [5.74, 6) is -1.87. The van der Waals surface area contributed by atoms with Crippen LogP contribution in [0.3, 0.4) is 0 Å². The zero-order valence-corrected chi connectivity index (χ0v) is 17.5. The van der Waals surface area contributed by atoms with Gasteiger partial charge in [0.15, 0.2) is 5.82 Å². The number of hydrogen-bond acceptors (Lipinski definition) is 6. The Hall–Kier alpha value is -1.99. The molecule has 4 rings (SSSR count). The molecule has 3 N–H and O–H groups in total. The Bertz CT molecular complexity index is 1090. The summed E-state index contributed by atoms with van der Waals surface area (Å²) in [6.45, 7) is 1.41. The van der Waals surface area contributed by atoms with Crippen LogP contribution in [0.4, 0.5) is 10.1 Å². The van der Waals surface area contributed by atoms with E-state index in [1.807, 2.05) is 0 Å². The smallest absolute Gasteiger partial charge is 0.326 e. The monoisotopic (exact) mass is 521 g/mol. The Morgan fingerprint density at radius 3 is 2.86 bits per heavy atom. The van der Waals surface area contributed by atoms with Crippen LogP contribution in [-0.4, -0.2) is 47.2 Å². The van der Waals surface area contributed by atoms with E-state index < -0.39 is 39.9 Å². The SMILES string of the molecule is O=C1CN(c2c(O)cc3ccc(OC=IC4CCNC4)cc3c2F)S(=O)(=O)N1. The lowest BCUT2D eigenvalue weighted by atomic mass is 10.1. The number of nitrogens with zero attached hydrogens (tertiary/aromatic N) is 1. The molecule has 2 aliphatic rings. The number of nitrogens with one attached hydrogen (secondary N) is 2. The average molecular weight is 521 g/mol. The first-order chi connectivity index (χ1) is 13.3. The van der Waals surface area contributed by atoms with Crippen LogP contribution in [-0.2, 0) is 15.0 Å². The van der Waals surface area contributed by atoms with Gasteiger partial charge in [-0.05, 0) is 36.6 Å². The molecular weight excluding hydrogens is 504 g/mol. The molecule has 2 saturated heterocycles. The van der Waals surface area contributed by atoms with Crippen molar-refractivity contribution in [2.45, 2.75) is 10.3 Å². The summed E-state index contributed by atoms with van der Waals surface area (Å²) in [6.07, 6.45) is 1.12. The molecule has 28 heavy (non-hydrogen) atoms. The van der Waals surface area contributed by atoms with Gasteiger partial charge in [0.05, 0.1) is 0 Å². The van der Waals surface area contributed by atoms with Gasteiger partial charge < -0.3 is 15.2 Å². The number of carbonyl (C=O) groups excluding carboxylic acids is 1. The predicted octanol–water partition coefficient (Wildman–Crippen LogP) is 1.34. The highest BCUT2D eigenvalue weighted by molar-refractivity contribution is 14.2. The topological polar surface area (TPSA) is 108 Å². The number of halogens is 2. The van der Waals surface area contributed by atoms with E-state index in [4.69, 9.17) is 4.74 Å². The van der Waals surface area contributed by atoms with Crippen LogP contribution in [0.5, 0.6) is 11.5 Å². The summed E-state index contributed by atoms with van der Waals surface area (Å²) in [7, 11) is -4.24. The van der Waals surface area contributed by atoms with Gasteiger partial charge >= 0.3 is 10.2 Å². The molecule has 8 nitrogen and oxygen atoms in total. The lowest BCUT2D eigenvalue weighted by molar-refractivity contribution is -0.117. The molecule has 2 aliphatic heterocycles. The van der Waals surface area contributed by atoms with E-state index in [1.165, 1.54) is 12.1 Å². The van der Waals surface area contributed by atoms with Gasteiger partial charge in [0.25, 0.3) is 5.91 Å². The van der Waals surface area contributed by atoms with Crippen molar-refractivity contribution in [2.75, 3.05) is 23.9 Å². The summed E-state index contributed by atoms with van der Waals surface area (Å²) in [5.41, 5.74) is -0.559. The minimum Gasteiger partial charge on any atom is -0.506 e. The molecule has 150 valence electrons. The third kappa shape index (κ3) is 3.65. The van der Waals surface area contributed by atoms with Crippen LogP contribution in [0.25, 0.3) is 10.8 Å². The van der Waals surface area contributed by atoms with E-state index in [0.29, 0.717) is 19.4 Å². The number of anilines is 1. The Morgan fingerprint density at radius 1 is 1.36 bits per heavy atom. The van der Waals surface area contributed by atoms with Crippen molar-refractivity contribution in [3.63, 3.8) is 0 Å². The van der Waals surface area contributed by atoms with Crippen LogP contribution in [0.15, 0.2) is 24.3 Å². The fraction of sp³-hybridized carbons (Fsp3) is 0.294. The number of aromatic hydroxyl groups is 1. The van der Waals surface area contributed by atoms with Gasteiger partial charge in [-0.3, -0.25) is 4.79 Å². The highest BCUT2D eigenvalue weighted by Gasteiger charge is 2.37. The molecule has 1 amide bonds. The predicted molar refractivity (Wildman–Crippen MR) is 112 cm³/mol. The largest absolute Gasteiger partial charge is 0.506 e. The number of benzene rings is 2. The van der Waals surface area contributed by atoms with Crippen molar-refractivity contribution >= 4 is 57.5 Å². The number of amides is 1. The third-order valence-corrected chi connectivity index (χ3v) is 8.49. The van der Waals surface area contributed by atoms with Gasteiger partial charge in [-0.15, -0.1) is 0 Å². The van der Waals surface area contributed by atoms with Crippen molar-refractivity contribution in [1.29, 1.82) is 0 Å². The van der Waals surface area contributed by atoms with Crippen molar-refractivity contribution in [2.24, 2.45) is 0 Å². The van der Waals surface area contributed by atoms with Crippen LogP contribution in [0, 0.1) is 5.82 Å². The van der Waals surface area contributed by atoms with Crippen molar-refractivity contribution in [3.8, 4) is 11.5 Å². The van der Waals surface area contributed by atoms with E-state index in [1.54, 1.807) is 21.1 Å². The highest BCUT2D eigenvalue weighted by Crippen LogP contribution is 2.39. The van der Waals surface area contributed by atoms with E-state index in [-0.39, 0.29) is 26.1 Å².